The van der Waals surface area contributed by atoms with Gasteiger partial charge in [-0.2, -0.15) is 0 Å². The molecule has 0 aliphatic heterocycles. The van der Waals surface area contributed by atoms with Crippen molar-refractivity contribution in [2.45, 2.75) is 37.5 Å². The van der Waals surface area contributed by atoms with Gasteiger partial charge in [-0.25, -0.2) is 0 Å². The van der Waals surface area contributed by atoms with Crippen LogP contribution in [-0.4, -0.2) is 0 Å². The first-order valence-electron chi connectivity index (χ1n) is 13.9. The molecule has 42 heavy (non-hydrogen) atoms. The molecular formula is C38H33Cl2OTi. The second-order valence-corrected chi connectivity index (χ2v) is 11.9. The SMILES string of the molecule is CC(C)(C)c1cc(C2C=Cc3ccccc32)c([O][Ti+2])c(C(c2ccccc2)(c2ccccc2)c2ccccc2)c1.[Cl-].[Cl-]. The molecule has 6 rings (SSSR count). The van der Waals surface area contributed by atoms with Crippen LogP contribution >= 0.6 is 0 Å². The summed E-state index contributed by atoms with van der Waals surface area (Å²) in [7, 11) is 0. The van der Waals surface area contributed by atoms with Crippen LogP contribution in [0.15, 0.2) is 133 Å². The van der Waals surface area contributed by atoms with Gasteiger partial charge >= 0.3 is 251 Å². The molecule has 0 radical (unpaired) electrons. The van der Waals surface area contributed by atoms with Crippen molar-refractivity contribution in [1.82, 2.24) is 0 Å². The molecule has 4 heteroatoms. The summed E-state index contributed by atoms with van der Waals surface area (Å²) < 4.78 is 6.51. The molecule has 5 aromatic carbocycles. The van der Waals surface area contributed by atoms with Crippen LogP contribution in [0.25, 0.3) is 6.08 Å². The van der Waals surface area contributed by atoms with Gasteiger partial charge in [0.15, 0.2) is 0 Å². The summed E-state index contributed by atoms with van der Waals surface area (Å²) >= 11 is 1.83. The van der Waals surface area contributed by atoms with Gasteiger partial charge in [-0.1, -0.05) is 0 Å². The van der Waals surface area contributed by atoms with Crippen LogP contribution < -0.4 is 28.1 Å². The largest absolute Gasteiger partial charge is 1.00 e. The Morgan fingerprint density at radius 2 is 1.05 bits per heavy atom. The molecule has 0 spiro atoms. The van der Waals surface area contributed by atoms with Crippen molar-refractivity contribution in [2.75, 3.05) is 0 Å². The fourth-order valence-electron chi connectivity index (χ4n) is 6.26. The average molecular weight is 624 g/mol. The Balaban J connectivity index is 0.00000202. The predicted molar refractivity (Wildman–Crippen MR) is 161 cm³/mol. The Kier molecular flexibility index (Phi) is 9.91. The molecule has 5 aromatic rings. The number of halogens is 2. The second-order valence-electron chi connectivity index (χ2n) is 11.6. The zero-order valence-corrected chi connectivity index (χ0v) is 27.1. The van der Waals surface area contributed by atoms with Crippen LogP contribution in [0.5, 0.6) is 5.75 Å². The number of benzene rings is 5. The van der Waals surface area contributed by atoms with Crippen LogP contribution in [-0.2, 0) is 31.7 Å². The average Bonchev–Trinajstić information content (AvgIpc) is 3.42. The summed E-state index contributed by atoms with van der Waals surface area (Å²) in [5, 5.41) is 0. The minimum absolute atomic E-state index is 0. The summed E-state index contributed by atoms with van der Waals surface area (Å²) in [6.45, 7) is 6.90. The molecule has 0 N–H and O–H groups in total. The van der Waals surface area contributed by atoms with E-state index in [2.05, 4.69) is 160 Å². The van der Waals surface area contributed by atoms with Gasteiger partial charge in [-0.3, -0.25) is 0 Å². The summed E-state index contributed by atoms with van der Waals surface area (Å²) in [6.07, 6.45) is 4.58. The van der Waals surface area contributed by atoms with E-state index in [0.29, 0.717) is 0 Å². The molecule has 0 fully saturated rings. The number of hydrogen-bond donors (Lipinski definition) is 0. The van der Waals surface area contributed by atoms with Crippen molar-refractivity contribution in [3.05, 3.63) is 178 Å². The molecular weight excluding hydrogens is 591 g/mol. The first-order chi connectivity index (χ1) is 19.4. The molecule has 1 aliphatic carbocycles. The minimum atomic E-state index is -0.590. The molecule has 1 nitrogen and oxygen atoms in total. The standard InChI is InChI=1S/C38H34O.2ClH.Ti/c1-37(2,3)31-25-34(33-24-23-27-15-13-14-22-32(27)33)36(39)35(26-31)38(28-16-7-4-8-17-28,29-18-9-5-10-19-29)30-20-11-6-12-21-30;;;/h4-26,33,39H,1-3H3;2*1H;/q;;;+3/p-3. The number of hydrogen-bond acceptors (Lipinski definition) is 1. The molecule has 0 bridgehead atoms. The molecule has 0 aromatic heterocycles. The Labute approximate surface area is 274 Å². The van der Waals surface area contributed by atoms with Gasteiger partial charge in [0.1, 0.15) is 0 Å². The Bertz CT molecular complexity index is 1560. The number of allylic oxidation sites excluding steroid dienone is 1. The van der Waals surface area contributed by atoms with Crippen molar-refractivity contribution < 1.29 is 49.0 Å². The summed E-state index contributed by atoms with van der Waals surface area (Å²) in [6, 6.07) is 46.2. The smallest absolute Gasteiger partial charge is 1.00 e. The van der Waals surface area contributed by atoms with Crippen molar-refractivity contribution in [3.63, 3.8) is 0 Å². The predicted octanol–water partition coefficient (Wildman–Crippen LogP) is 3.37. The molecule has 1 atom stereocenters. The molecule has 0 amide bonds. The van der Waals surface area contributed by atoms with Gasteiger partial charge in [0, 0.05) is 0 Å². The molecule has 1 aliphatic rings. The summed E-state index contributed by atoms with van der Waals surface area (Å²) in [5.74, 6) is 1.06. The molecule has 0 saturated carbocycles. The molecule has 1 unspecified atom stereocenters. The third-order valence-electron chi connectivity index (χ3n) is 8.24. The van der Waals surface area contributed by atoms with Crippen molar-refractivity contribution in [2.24, 2.45) is 0 Å². The van der Waals surface area contributed by atoms with Gasteiger partial charge in [-0.05, 0) is 0 Å². The van der Waals surface area contributed by atoms with E-state index in [1.807, 2.05) is 20.8 Å². The van der Waals surface area contributed by atoms with E-state index < -0.39 is 5.41 Å². The fourth-order valence-corrected chi connectivity index (χ4v) is 6.62. The van der Waals surface area contributed by atoms with E-state index in [1.165, 1.54) is 44.5 Å². The van der Waals surface area contributed by atoms with Crippen molar-refractivity contribution in [3.8, 4) is 5.75 Å². The van der Waals surface area contributed by atoms with Gasteiger partial charge in [0.2, 0.25) is 0 Å². The van der Waals surface area contributed by atoms with Gasteiger partial charge in [0.05, 0.1) is 0 Å². The van der Waals surface area contributed by atoms with Gasteiger partial charge in [-0.15, -0.1) is 0 Å². The van der Waals surface area contributed by atoms with Crippen LogP contribution in [0.2, 0.25) is 0 Å². The quantitative estimate of drug-likeness (QED) is 0.208. The van der Waals surface area contributed by atoms with Crippen LogP contribution in [0.1, 0.15) is 71.2 Å². The van der Waals surface area contributed by atoms with E-state index in [0.717, 1.165) is 5.75 Å². The number of rotatable bonds is 6. The van der Waals surface area contributed by atoms with Gasteiger partial charge < -0.3 is 24.8 Å². The second kappa shape index (κ2) is 13.1. The first-order valence-corrected chi connectivity index (χ1v) is 14.5. The van der Waals surface area contributed by atoms with Crippen LogP contribution in [0.4, 0.5) is 0 Å². The maximum Gasteiger partial charge on any atom is -1.00 e. The minimum Gasteiger partial charge on any atom is -1.00 e. The topological polar surface area (TPSA) is 9.23 Å². The van der Waals surface area contributed by atoms with E-state index in [4.69, 9.17) is 3.32 Å². The fraction of sp³-hybridized carbons (Fsp3) is 0.158. The third kappa shape index (κ3) is 5.52. The maximum atomic E-state index is 6.51. The summed E-state index contributed by atoms with van der Waals surface area (Å²) in [4.78, 5) is 0. The maximum absolute atomic E-state index is 6.51. The first kappa shape index (κ1) is 31.9. The Morgan fingerprint density at radius 3 is 1.52 bits per heavy atom. The van der Waals surface area contributed by atoms with Crippen molar-refractivity contribution >= 4 is 6.08 Å². The third-order valence-corrected chi connectivity index (χ3v) is 8.56. The Morgan fingerprint density at radius 1 is 0.571 bits per heavy atom. The number of fused-ring (bicyclic) bond motifs is 1. The van der Waals surface area contributed by atoms with Crippen LogP contribution in [0.3, 0.4) is 0 Å². The van der Waals surface area contributed by atoms with E-state index in [9.17, 15) is 0 Å². The van der Waals surface area contributed by atoms with E-state index >= 15 is 0 Å². The normalized spacial score (nSPS) is 14.0. The van der Waals surface area contributed by atoms with E-state index in [-0.39, 0.29) is 36.1 Å². The summed E-state index contributed by atoms with van der Waals surface area (Å²) in [5.41, 5.74) is 9.25. The van der Waals surface area contributed by atoms with Crippen molar-refractivity contribution in [1.29, 1.82) is 0 Å². The van der Waals surface area contributed by atoms with Crippen LogP contribution in [0, 0.1) is 0 Å². The zero-order valence-electron chi connectivity index (χ0n) is 24.0. The van der Waals surface area contributed by atoms with Gasteiger partial charge in [0.25, 0.3) is 0 Å². The molecule has 0 saturated heterocycles. The van der Waals surface area contributed by atoms with E-state index in [1.54, 1.807) is 0 Å². The Hall–Kier alpha value is -3.07. The molecule has 209 valence electrons. The zero-order chi connectivity index (χ0) is 27.7. The monoisotopic (exact) mass is 623 g/mol. The molecule has 0 heterocycles.